The highest BCUT2D eigenvalue weighted by Crippen LogP contribution is 2.21. The van der Waals surface area contributed by atoms with Gasteiger partial charge in [0.25, 0.3) is 0 Å². The molecule has 84 valence electrons. The van der Waals surface area contributed by atoms with Crippen molar-refractivity contribution in [3.05, 3.63) is 16.6 Å². The molecule has 0 unspecified atom stereocenters. The van der Waals surface area contributed by atoms with E-state index in [-0.39, 0.29) is 5.79 Å². The number of hydrogen-bond donors (Lipinski definition) is 1. The van der Waals surface area contributed by atoms with Crippen molar-refractivity contribution >= 4 is 11.3 Å². The molecule has 0 saturated carbocycles. The van der Waals surface area contributed by atoms with Gasteiger partial charge in [0.2, 0.25) is 0 Å². The van der Waals surface area contributed by atoms with Crippen molar-refractivity contribution < 1.29 is 9.47 Å². The summed E-state index contributed by atoms with van der Waals surface area (Å²) in [5, 5.41) is 5.38. The molecule has 2 heterocycles. The second-order valence-corrected chi connectivity index (χ2v) is 4.46. The van der Waals surface area contributed by atoms with E-state index in [1.54, 1.807) is 11.3 Å². The Bertz CT molecular complexity index is 284. The van der Waals surface area contributed by atoms with Crippen LogP contribution in [0.25, 0.3) is 0 Å². The minimum atomic E-state index is -0.380. The van der Waals surface area contributed by atoms with Gasteiger partial charge in [-0.3, -0.25) is 0 Å². The van der Waals surface area contributed by atoms with E-state index >= 15 is 0 Å². The summed E-state index contributed by atoms with van der Waals surface area (Å²) in [6.45, 7) is 5.11. The molecule has 1 aliphatic heterocycles. The minimum Gasteiger partial charge on any atom is -0.348 e. The quantitative estimate of drug-likeness (QED) is 0.773. The maximum atomic E-state index is 5.50. The Morgan fingerprint density at radius 2 is 2.33 bits per heavy atom. The second kappa shape index (κ2) is 5.03. The number of nitrogens with zero attached hydrogens (tertiary/aromatic N) is 1. The van der Waals surface area contributed by atoms with Gasteiger partial charge in [0.15, 0.2) is 5.79 Å². The van der Waals surface area contributed by atoms with E-state index in [1.807, 2.05) is 12.4 Å². The molecule has 1 saturated heterocycles. The number of ether oxygens (including phenoxy) is 2. The molecular weight excluding hydrogens is 212 g/mol. The van der Waals surface area contributed by atoms with Gasteiger partial charge in [-0.25, -0.2) is 4.98 Å². The van der Waals surface area contributed by atoms with Crippen LogP contribution in [0.4, 0.5) is 0 Å². The Labute approximate surface area is 93.6 Å². The van der Waals surface area contributed by atoms with Gasteiger partial charge >= 0.3 is 0 Å². The Kier molecular flexibility index (Phi) is 3.69. The van der Waals surface area contributed by atoms with Gasteiger partial charge in [0.1, 0.15) is 0 Å². The summed E-state index contributed by atoms with van der Waals surface area (Å²) >= 11 is 1.62. The largest absolute Gasteiger partial charge is 0.348 e. The van der Waals surface area contributed by atoms with Crippen molar-refractivity contribution in [3.63, 3.8) is 0 Å². The topological polar surface area (TPSA) is 43.4 Å². The van der Waals surface area contributed by atoms with Crippen LogP contribution in [0, 0.1) is 0 Å². The average Bonchev–Trinajstić information content (AvgIpc) is 2.84. The van der Waals surface area contributed by atoms with Crippen LogP contribution in [0.2, 0.25) is 0 Å². The maximum absolute atomic E-state index is 5.50. The van der Waals surface area contributed by atoms with Gasteiger partial charge in [0.05, 0.1) is 24.4 Å². The molecule has 1 N–H and O–H groups in total. The van der Waals surface area contributed by atoms with E-state index < -0.39 is 0 Å². The molecule has 1 fully saturated rings. The second-order valence-electron chi connectivity index (χ2n) is 3.74. The lowest BCUT2D eigenvalue weighted by Gasteiger charge is -2.22. The first-order chi connectivity index (χ1) is 7.29. The molecule has 0 radical (unpaired) electrons. The molecule has 1 aromatic heterocycles. The van der Waals surface area contributed by atoms with Gasteiger partial charge in [-0.15, -0.1) is 11.3 Å². The maximum Gasteiger partial charge on any atom is 0.166 e. The van der Waals surface area contributed by atoms with Crippen LogP contribution in [0.1, 0.15) is 19.0 Å². The summed E-state index contributed by atoms with van der Waals surface area (Å²) in [4.78, 5) is 4.20. The standard InChI is InChI=1S/C10H16N2O2S/c1-10(13-4-5-14-10)2-3-11-6-9-7-15-8-12-9/h7-8,11H,2-6H2,1H3. The van der Waals surface area contributed by atoms with E-state index in [4.69, 9.17) is 9.47 Å². The van der Waals surface area contributed by atoms with Gasteiger partial charge in [-0.2, -0.15) is 0 Å². The summed E-state index contributed by atoms with van der Waals surface area (Å²) in [6.07, 6.45) is 0.872. The summed E-state index contributed by atoms with van der Waals surface area (Å²) in [7, 11) is 0. The molecule has 0 bridgehead atoms. The fourth-order valence-electron chi connectivity index (χ4n) is 1.56. The van der Waals surface area contributed by atoms with Crippen molar-refractivity contribution in [1.29, 1.82) is 0 Å². The highest BCUT2D eigenvalue weighted by atomic mass is 32.1. The lowest BCUT2D eigenvalue weighted by molar-refractivity contribution is -0.145. The molecule has 0 spiro atoms. The fourth-order valence-corrected chi connectivity index (χ4v) is 2.12. The van der Waals surface area contributed by atoms with E-state index in [1.165, 1.54) is 0 Å². The predicted octanol–water partition coefficient (Wildman–Crippen LogP) is 1.39. The molecule has 0 aromatic carbocycles. The number of hydrogen-bond acceptors (Lipinski definition) is 5. The normalized spacial score (nSPS) is 19.5. The molecule has 1 aromatic rings. The minimum absolute atomic E-state index is 0.380. The number of thiazole rings is 1. The Morgan fingerprint density at radius 3 is 3.00 bits per heavy atom. The predicted molar refractivity (Wildman–Crippen MR) is 58.7 cm³/mol. The summed E-state index contributed by atoms with van der Waals surface area (Å²) < 4.78 is 11.0. The number of aromatic nitrogens is 1. The van der Waals surface area contributed by atoms with Crippen LogP contribution in [-0.4, -0.2) is 30.5 Å². The Hall–Kier alpha value is -0.490. The molecule has 2 rings (SSSR count). The van der Waals surface area contributed by atoms with Crippen LogP contribution in [0.5, 0.6) is 0 Å². The zero-order valence-electron chi connectivity index (χ0n) is 8.86. The SMILES string of the molecule is CC1(CCNCc2cscn2)OCCO1. The van der Waals surface area contributed by atoms with Crippen molar-refractivity contribution in [3.8, 4) is 0 Å². The first-order valence-electron chi connectivity index (χ1n) is 5.14. The molecule has 4 nitrogen and oxygen atoms in total. The lowest BCUT2D eigenvalue weighted by atomic mass is 10.2. The van der Waals surface area contributed by atoms with E-state index in [0.29, 0.717) is 13.2 Å². The van der Waals surface area contributed by atoms with Crippen LogP contribution >= 0.6 is 11.3 Å². The molecule has 0 atom stereocenters. The van der Waals surface area contributed by atoms with Crippen LogP contribution < -0.4 is 5.32 Å². The zero-order chi connectivity index (χ0) is 10.6. The van der Waals surface area contributed by atoms with Crippen molar-refractivity contribution in [1.82, 2.24) is 10.3 Å². The Balaban J connectivity index is 1.62. The third-order valence-corrected chi connectivity index (χ3v) is 3.08. The van der Waals surface area contributed by atoms with E-state index in [0.717, 1.165) is 25.2 Å². The highest BCUT2D eigenvalue weighted by molar-refractivity contribution is 7.07. The molecule has 15 heavy (non-hydrogen) atoms. The van der Waals surface area contributed by atoms with Crippen molar-refractivity contribution in [2.24, 2.45) is 0 Å². The Morgan fingerprint density at radius 1 is 1.53 bits per heavy atom. The van der Waals surface area contributed by atoms with Gasteiger partial charge < -0.3 is 14.8 Å². The van der Waals surface area contributed by atoms with Gasteiger partial charge in [-0.05, 0) is 6.92 Å². The van der Waals surface area contributed by atoms with E-state index in [2.05, 4.69) is 15.7 Å². The van der Waals surface area contributed by atoms with E-state index in [9.17, 15) is 0 Å². The van der Waals surface area contributed by atoms with Crippen molar-refractivity contribution in [2.45, 2.75) is 25.7 Å². The van der Waals surface area contributed by atoms with Gasteiger partial charge in [-0.1, -0.05) is 0 Å². The lowest BCUT2D eigenvalue weighted by Crippen LogP contribution is -2.30. The molecular formula is C10H16N2O2S. The first-order valence-corrected chi connectivity index (χ1v) is 6.08. The molecule has 1 aliphatic rings. The summed E-state index contributed by atoms with van der Waals surface area (Å²) in [5.41, 5.74) is 2.94. The molecule has 0 amide bonds. The zero-order valence-corrected chi connectivity index (χ0v) is 9.68. The van der Waals surface area contributed by atoms with Crippen molar-refractivity contribution in [2.75, 3.05) is 19.8 Å². The van der Waals surface area contributed by atoms with Crippen LogP contribution in [0.3, 0.4) is 0 Å². The molecule has 0 aliphatic carbocycles. The fraction of sp³-hybridized carbons (Fsp3) is 0.700. The third kappa shape index (κ3) is 3.24. The number of nitrogens with one attached hydrogen (secondary N) is 1. The van der Waals surface area contributed by atoms with Crippen LogP contribution in [0.15, 0.2) is 10.9 Å². The first kappa shape index (κ1) is 11.0. The van der Waals surface area contributed by atoms with Crippen LogP contribution in [-0.2, 0) is 16.0 Å². The van der Waals surface area contributed by atoms with Gasteiger partial charge in [0, 0.05) is 24.9 Å². The summed E-state index contributed by atoms with van der Waals surface area (Å²) in [5.74, 6) is -0.380. The molecule has 5 heteroatoms. The third-order valence-electron chi connectivity index (χ3n) is 2.44. The number of rotatable bonds is 5. The average molecular weight is 228 g/mol. The monoisotopic (exact) mass is 228 g/mol. The highest BCUT2D eigenvalue weighted by Gasteiger charge is 2.29. The summed E-state index contributed by atoms with van der Waals surface area (Å²) in [6, 6.07) is 0. The smallest absolute Gasteiger partial charge is 0.166 e.